The second-order valence-corrected chi connectivity index (χ2v) is 7.26. The Bertz CT molecular complexity index is 711. The van der Waals surface area contributed by atoms with Crippen LogP contribution in [0.15, 0.2) is 30.4 Å². The van der Waals surface area contributed by atoms with Gasteiger partial charge in [-0.2, -0.15) is 0 Å². The van der Waals surface area contributed by atoms with Gasteiger partial charge < -0.3 is 14.5 Å². The van der Waals surface area contributed by atoms with Gasteiger partial charge in [-0.25, -0.2) is 0 Å². The molecular weight excluding hydrogens is 352 g/mol. The molecule has 1 aromatic rings. The lowest BCUT2D eigenvalue weighted by Crippen LogP contribution is -2.41. The van der Waals surface area contributed by atoms with Crippen LogP contribution in [-0.2, 0) is 4.79 Å². The molecule has 0 spiro atoms. The van der Waals surface area contributed by atoms with Crippen LogP contribution in [0.1, 0.15) is 43.5 Å². The predicted molar refractivity (Wildman–Crippen MR) is 102 cm³/mol. The van der Waals surface area contributed by atoms with E-state index in [-0.39, 0.29) is 24.0 Å². The summed E-state index contributed by atoms with van der Waals surface area (Å²) in [5.74, 6) is 0.612. The fourth-order valence-corrected chi connectivity index (χ4v) is 3.73. The zero-order chi connectivity index (χ0) is 18.7. The van der Waals surface area contributed by atoms with Gasteiger partial charge in [-0.1, -0.05) is 30.7 Å². The number of likely N-dealkylation sites (tertiary alicyclic amines) is 1. The molecule has 1 aromatic carbocycles. The van der Waals surface area contributed by atoms with Gasteiger partial charge >= 0.3 is 0 Å². The number of hydrogen-bond donors (Lipinski definition) is 0. The molecule has 140 valence electrons. The number of carbonyl (C=O) groups excluding carboxylic acids is 2. The van der Waals surface area contributed by atoms with E-state index in [4.69, 9.17) is 16.3 Å². The average Bonchev–Trinajstić information content (AvgIpc) is 3.12. The second kappa shape index (κ2) is 8.12. The Balaban J connectivity index is 1.74. The first-order valence-electron chi connectivity index (χ1n) is 9.19. The fraction of sp³-hybridized carbons (Fsp3) is 0.500. The minimum absolute atomic E-state index is 0.00278. The first-order valence-corrected chi connectivity index (χ1v) is 9.56. The van der Waals surface area contributed by atoms with Gasteiger partial charge in [0.15, 0.2) is 0 Å². The van der Waals surface area contributed by atoms with Gasteiger partial charge in [-0.05, 0) is 24.6 Å². The number of amides is 2. The van der Waals surface area contributed by atoms with Gasteiger partial charge in [-0.3, -0.25) is 9.59 Å². The number of ether oxygens (including phenoxy) is 1. The van der Waals surface area contributed by atoms with Crippen molar-refractivity contribution in [3.63, 3.8) is 0 Å². The summed E-state index contributed by atoms with van der Waals surface area (Å²) in [6, 6.07) is 5.33. The Morgan fingerprint density at radius 3 is 2.65 bits per heavy atom. The molecule has 6 heteroatoms. The first-order chi connectivity index (χ1) is 12.5. The molecule has 0 aromatic heterocycles. The molecule has 0 unspecified atom stereocenters. The summed E-state index contributed by atoms with van der Waals surface area (Å²) in [6.07, 6.45) is 6.49. The fourth-order valence-electron chi connectivity index (χ4n) is 3.56. The number of nitrogens with zero attached hydrogens (tertiary/aromatic N) is 2. The molecule has 0 radical (unpaired) electrons. The zero-order valence-corrected chi connectivity index (χ0v) is 16.0. The Kier molecular flexibility index (Phi) is 5.87. The van der Waals surface area contributed by atoms with Crippen LogP contribution in [0.2, 0.25) is 5.02 Å². The third-order valence-electron chi connectivity index (χ3n) is 5.09. The van der Waals surface area contributed by atoms with Gasteiger partial charge in [-0.15, -0.1) is 0 Å². The third kappa shape index (κ3) is 4.04. The third-order valence-corrected chi connectivity index (χ3v) is 5.33. The Labute approximate surface area is 159 Å². The predicted octanol–water partition coefficient (Wildman–Crippen LogP) is 3.52. The van der Waals surface area contributed by atoms with Crippen LogP contribution in [0.3, 0.4) is 0 Å². The van der Waals surface area contributed by atoms with Crippen LogP contribution in [-0.4, -0.2) is 53.4 Å². The van der Waals surface area contributed by atoms with Crippen molar-refractivity contribution < 1.29 is 14.3 Å². The number of rotatable bonds is 4. The lowest BCUT2D eigenvalue weighted by Gasteiger charge is -2.32. The smallest absolute Gasteiger partial charge is 0.258 e. The molecule has 26 heavy (non-hydrogen) atoms. The van der Waals surface area contributed by atoms with E-state index in [1.807, 2.05) is 15.9 Å². The Morgan fingerprint density at radius 2 is 2.00 bits per heavy atom. The topological polar surface area (TPSA) is 49.9 Å². The van der Waals surface area contributed by atoms with Crippen molar-refractivity contribution in [2.75, 3.05) is 19.6 Å². The quantitative estimate of drug-likeness (QED) is 0.755. The van der Waals surface area contributed by atoms with E-state index in [1.54, 1.807) is 25.1 Å². The van der Waals surface area contributed by atoms with Crippen LogP contribution in [0, 0.1) is 0 Å². The number of carbonyl (C=O) groups is 2. The zero-order valence-electron chi connectivity index (χ0n) is 15.3. The van der Waals surface area contributed by atoms with Crippen LogP contribution in [0.25, 0.3) is 0 Å². The standard InChI is InChI=1S/C20H25ClN2O3/c1-3-16-5-4-10-23(16)20(25)18-13-15(21)6-7-19(18)26-17-8-11-22(12-9-17)14(2)24/h4-7,13,16-17H,3,8-12H2,1-2H3/t16-/m1/s1. The van der Waals surface area contributed by atoms with Gasteiger partial charge in [0.25, 0.3) is 5.91 Å². The maximum absolute atomic E-state index is 13.1. The largest absolute Gasteiger partial charge is 0.489 e. The normalized spacial score (nSPS) is 20.5. The lowest BCUT2D eigenvalue weighted by molar-refractivity contribution is -0.130. The minimum atomic E-state index is -0.0551. The minimum Gasteiger partial charge on any atom is -0.489 e. The molecule has 1 fully saturated rings. The van der Waals surface area contributed by atoms with Crippen molar-refractivity contribution in [1.29, 1.82) is 0 Å². The van der Waals surface area contributed by atoms with E-state index >= 15 is 0 Å². The van der Waals surface area contributed by atoms with Gasteiger partial charge in [0.1, 0.15) is 11.9 Å². The van der Waals surface area contributed by atoms with Crippen LogP contribution in [0.5, 0.6) is 5.75 Å². The molecule has 0 saturated carbocycles. The van der Waals surface area contributed by atoms with Gasteiger partial charge in [0, 0.05) is 44.4 Å². The molecule has 1 saturated heterocycles. The second-order valence-electron chi connectivity index (χ2n) is 6.83. The Morgan fingerprint density at radius 1 is 1.27 bits per heavy atom. The van der Waals surface area contributed by atoms with Gasteiger partial charge in [0.05, 0.1) is 11.6 Å². The van der Waals surface area contributed by atoms with Crippen molar-refractivity contribution in [2.45, 2.75) is 45.3 Å². The molecular formula is C20H25ClN2O3. The van der Waals surface area contributed by atoms with Gasteiger partial charge in [0.2, 0.25) is 5.91 Å². The van der Waals surface area contributed by atoms with E-state index < -0.39 is 0 Å². The summed E-state index contributed by atoms with van der Waals surface area (Å²) in [4.78, 5) is 28.2. The first kappa shape index (κ1) is 18.8. The highest BCUT2D eigenvalue weighted by Crippen LogP contribution is 2.29. The monoisotopic (exact) mass is 376 g/mol. The highest BCUT2D eigenvalue weighted by Gasteiger charge is 2.28. The van der Waals surface area contributed by atoms with Crippen molar-refractivity contribution in [1.82, 2.24) is 9.80 Å². The molecule has 1 atom stereocenters. The van der Waals surface area contributed by atoms with Crippen molar-refractivity contribution in [2.24, 2.45) is 0 Å². The van der Waals surface area contributed by atoms with E-state index in [0.717, 1.165) is 19.3 Å². The van der Waals surface area contributed by atoms with Crippen molar-refractivity contribution in [3.05, 3.63) is 40.9 Å². The summed E-state index contributed by atoms with van der Waals surface area (Å²) in [6.45, 7) is 5.64. The maximum Gasteiger partial charge on any atom is 0.258 e. The molecule has 0 bridgehead atoms. The van der Waals surface area contributed by atoms with Crippen LogP contribution < -0.4 is 4.74 Å². The maximum atomic E-state index is 13.1. The number of benzene rings is 1. The molecule has 2 amide bonds. The van der Waals surface area contributed by atoms with Crippen molar-refractivity contribution in [3.8, 4) is 5.75 Å². The highest BCUT2D eigenvalue weighted by atomic mass is 35.5. The van der Waals surface area contributed by atoms with Crippen molar-refractivity contribution >= 4 is 23.4 Å². The van der Waals surface area contributed by atoms with E-state index in [0.29, 0.717) is 36.0 Å². The molecule has 0 N–H and O–H groups in total. The number of hydrogen-bond acceptors (Lipinski definition) is 3. The molecule has 2 heterocycles. The van der Waals surface area contributed by atoms with E-state index in [1.165, 1.54) is 0 Å². The Hall–Kier alpha value is -2.01. The summed E-state index contributed by atoms with van der Waals surface area (Å²) in [5, 5.41) is 0.521. The summed E-state index contributed by atoms with van der Waals surface area (Å²) >= 11 is 6.15. The molecule has 3 rings (SSSR count). The SMILES string of the molecule is CC[C@@H]1C=CCN1C(=O)c1cc(Cl)ccc1OC1CCN(C(C)=O)CC1. The lowest BCUT2D eigenvalue weighted by atomic mass is 10.1. The van der Waals surface area contributed by atoms with Crippen LogP contribution >= 0.6 is 11.6 Å². The van der Waals surface area contributed by atoms with Crippen LogP contribution in [0.4, 0.5) is 0 Å². The highest BCUT2D eigenvalue weighted by molar-refractivity contribution is 6.31. The molecule has 5 nitrogen and oxygen atoms in total. The number of piperidine rings is 1. The molecule has 0 aliphatic carbocycles. The summed E-state index contributed by atoms with van der Waals surface area (Å²) in [7, 11) is 0. The number of halogens is 1. The van der Waals surface area contributed by atoms with E-state index in [9.17, 15) is 9.59 Å². The molecule has 2 aliphatic rings. The summed E-state index contributed by atoms with van der Waals surface area (Å²) < 4.78 is 6.15. The van der Waals surface area contributed by atoms with E-state index in [2.05, 4.69) is 13.0 Å². The molecule has 2 aliphatic heterocycles. The summed E-state index contributed by atoms with van der Waals surface area (Å²) in [5.41, 5.74) is 0.508. The average molecular weight is 377 g/mol.